The van der Waals surface area contributed by atoms with E-state index < -0.39 is 5.60 Å². The molecule has 0 radical (unpaired) electrons. The number of carbonyl (C=O) groups excluding carboxylic acids is 2. The Hall–Kier alpha value is -1.55. The van der Waals surface area contributed by atoms with Gasteiger partial charge in [-0.2, -0.15) is 0 Å². The van der Waals surface area contributed by atoms with Crippen LogP contribution in [0.2, 0.25) is 5.02 Å². The first-order valence-electron chi connectivity index (χ1n) is 9.02. The molecule has 1 spiro atoms. The van der Waals surface area contributed by atoms with Gasteiger partial charge in [0.2, 0.25) is 5.91 Å². The summed E-state index contributed by atoms with van der Waals surface area (Å²) in [5.74, 6) is 1.31. The molecule has 25 heavy (non-hydrogen) atoms. The number of carbonyl (C=O) groups is 2. The molecule has 2 aliphatic rings. The first-order chi connectivity index (χ1) is 11.7. The summed E-state index contributed by atoms with van der Waals surface area (Å²) in [5, 5.41) is 0.640. The van der Waals surface area contributed by atoms with Gasteiger partial charge in [0.1, 0.15) is 11.4 Å². The van der Waals surface area contributed by atoms with E-state index >= 15 is 0 Å². The van der Waals surface area contributed by atoms with Crippen LogP contribution < -0.4 is 4.74 Å². The summed E-state index contributed by atoms with van der Waals surface area (Å²) in [6.45, 7) is 9.22. The van der Waals surface area contributed by atoms with Gasteiger partial charge >= 0.3 is 0 Å². The number of hydrogen-bond acceptors (Lipinski definition) is 3. The highest BCUT2D eigenvalue weighted by molar-refractivity contribution is 6.32. The summed E-state index contributed by atoms with van der Waals surface area (Å²) in [6.07, 6.45) is 2.34. The smallest absolute Gasteiger partial charge is 0.222 e. The third-order valence-electron chi connectivity index (χ3n) is 5.34. The highest BCUT2D eigenvalue weighted by atomic mass is 35.5. The van der Waals surface area contributed by atoms with E-state index in [2.05, 4.69) is 13.8 Å². The Morgan fingerprint density at radius 2 is 1.96 bits per heavy atom. The standard InChI is InChI=1S/C20H26ClNO3/c1-12(2)9-17(24)22-7-5-20(6-8-22)11-15(23)18-14(4)19(21)13(3)10-16(18)25-20/h10,12H,5-9,11H2,1-4H3. The van der Waals surface area contributed by atoms with Gasteiger partial charge in [-0.3, -0.25) is 9.59 Å². The molecule has 136 valence electrons. The van der Waals surface area contributed by atoms with Crippen LogP contribution in [-0.4, -0.2) is 35.3 Å². The van der Waals surface area contributed by atoms with Gasteiger partial charge in [-0.05, 0) is 37.0 Å². The predicted octanol–water partition coefficient (Wildman–Crippen LogP) is 4.33. The van der Waals surface area contributed by atoms with Crippen LogP contribution in [0.4, 0.5) is 0 Å². The molecule has 2 aliphatic heterocycles. The Balaban J connectivity index is 1.78. The highest BCUT2D eigenvalue weighted by Crippen LogP contribution is 2.43. The van der Waals surface area contributed by atoms with E-state index in [1.165, 1.54) is 0 Å². The Morgan fingerprint density at radius 1 is 1.32 bits per heavy atom. The van der Waals surface area contributed by atoms with Crippen molar-refractivity contribution in [2.75, 3.05) is 13.1 Å². The highest BCUT2D eigenvalue weighted by Gasteiger charge is 2.44. The van der Waals surface area contributed by atoms with Crippen LogP contribution in [0.3, 0.4) is 0 Å². The van der Waals surface area contributed by atoms with Crippen LogP contribution in [-0.2, 0) is 4.79 Å². The molecule has 1 aromatic rings. The van der Waals surface area contributed by atoms with Gasteiger partial charge in [0, 0.05) is 37.4 Å². The number of rotatable bonds is 2. The van der Waals surface area contributed by atoms with Gasteiger partial charge in [-0.25, -0.2) is 0 Å². The topological polar surface area (TPSA) is 46.6 Å². The first-order valence-corrected chi connectivity index (χ1v) is 9.40. The average Bonchev–Trinajstić information content (AvgIpc) is 2.52. The minimum atomic E-state index is -0.481. The Kier molecular flexibility index (Phi) is 4.84. The molecule has 1 aromatic carbocycles. The zero-order valence-electron chi connectivity index (χ0n) is 15.4. The van der Waals surface area contributed by atoms with E-state index in [0.717, 1.165) is 11.1 Å². The summed E-state index contributed by atoms with van der Waals surface area (Å²) in [6, 6.07) is 1.87. The lowest BCUT2D eigenvalue weighted by atomic mass is 9.81. The molecule has 2 heterocycles. The van der Waals surface area contributed by atoms with Gasteiger partial charge < -0.3 is 9.64 Å². The zero-order chi connectivity index (χ0) is 18.4. The largest absolute Gasteiger partial charge is 0.486 e. The molecule has 0 saturated carbocycles. The van der Waals surface area contributed by atoms with Gasteiger partial charge in [0.15, 0.2) is 5.78 Å². The Labute approximate surface area is 154 Å². The molecule has 1 amide bonds. The maximum Gasteiger partial charge on any atom is 0.222 e. The third-order valence-corrected chi connectivity index (χ3v) is 5.92. The van der Waals surface area contributed by atoms with E-state index in [0.29, 0.717) is 61.0 Å². The van der Waals surface area contributed by atoms with Gasteiger partial charge in [0.05, 0.1) is 12.0 Å². The zero-order valence-corrected chi connectivity index (χ0v) is 16.2. The molecule has 0 atom stereocenters. The molecule has 1 fully saturated rings. The average molecular weight is 364 g/mol. The fraction of sp³-hybridized carbons (Fsp3) is 0.600. The van der Waals surface area contributed by atoms with E-state index in [9.17, 15) is 9.59 Å². The predicted molar refractivity (Wildman–Crippen MR) is 98.5 cm³/mol. The molecule has 0 aliphatic carbocycles. The number of aryl methyl sites for hydroxylation is 1. The van der Waals surface area contributed by atoms with Crippen LogP contribution in [0.1, 0.15) is 61.0 Å². The number of benzene rings is 1. The summed E-state index contributed by atoms with van der Waals surface area (Å²) >= 11 is 6.30. The SMILES string of the molecule is Cc1cc2c(c(C)c1Cl)C(=O)CC1(CCN(C(=O)CC(C)C)CC1)O2. The van der Waals surface area contributed by atoms with E-state index in [4.69, 9.17) is 16.3 Å². The summed E-state index contributed by atoms with van der Waals surface area (Å²) in [5.41, 5.74) is 1.87. The van der Waals surface area contributed by atoms with Crippen molar-refractivity contribution in [2.24, 2.45) is 5.92 Å². The number of halogens is 1. The summed E-state index contributed by atoms with van der Waals surface area (Å²) in [4.78, 5) is 27.0. The third kappa shape index (κ3) is 3.41. The van der Waals surface area contributed by atoms with Crippen molar-refractivity contribution in [1.82, 2.24) is 4.90 Å². The Bertz CT molecular complexity index is 718. The summed E-state index contributed by atoms with van der Waals surface area (Å²) in [7, 11) is 0. The van der Waals surface area contributed by atoms with Crippen LogP contribution in [0.15, 0.2) is 6.07 Å². The van der Waals surface area contributed by atoms with Gasteiger partial charge in [-0.15, -0.1) is 0 Å². The number of Topliss-reactive ketones (excluding diaryl/α,β-unsaturated/α-hetero) is 1. The quantitative estimate of drug-likeness (QED) is 0.785. The fourth-order valence-electron chi connectivity index (χ4n) is 3.92. The van der Waals surface area contributed by atoms with E-state index in [-0.39, 0.29) is 11.7 Å². The Morgan fingerprint density at radius 3 is 2.56 bits per heavy atom. The first kappa shape index (κ1) is 18.2. The van der Waals surface area contributed by atoms with Crippen molar-refractivity contribution < 1.29 is 14.3 Å². The number of fused-ring (bicyclic) bond motifs is 1. The fourth-order valence-corrected chi connectivity index (χ4v) is 4.07. The number of ketones is 1. The van der Waals surface area contributed by atoms with Crippen LogP contribution in [0, 0.1) is 19.8 Å². The summed E-state index contributed by atoms with van der Waals surface area (Å²) < 4.78 is 6.34. The number of nitrogens with zero attached hydrogens (tertiary/aromatic N) is 1. The molecule has 0 aromatic heterocycles. The van der Waals surface area contributed by atoms with Crippen molar-refractivity contribution in [2.45, 2.75) is 59.0 Å². The second-order valence-corrected chi connectivity index (χ2v) is 8.25. The number of piperidine rings is 1. The molecular weight excluding hydrogens is 338 g/mol. The molecule has 5 heteroatoms. The number of ether oxygens (including phenoxy) is 1. The maximum absolute atomic E-state index is 12.8. The molecule has 3 rings (SSSR count). The maximum atomic E-state index is 12.8. The van der Waals surface area contributed by atoms with E-state index in [1.807, 2.05) is 24.8 Å². The van der Waals surface area contributed by atoms with Crippen molar-refractivity contribution in [3.8, 4) is 5.75 Å². The molecule has 0 unspecified atom stereocenters. The minimum Gasteiger partial charge on any atom is -0.486 e. The second-order valence-electron chi connectivity index (χ2n) is 7.87. The van der Waals surface area contributed by atoms with E-state index in [1.54, 1.807) is 0 Å². The van der Waals surface area contributed by atoms with Crippen molar-refractivity contribution >= 4 is 23.3 Å². The van der Waals surface area contributed by atoms with Crippen LogP contribution >= 0.6 is 11.6 Å². The van der Waals surface area contributed by atoms with Crippen molar-refractivity contribution in [3.05, 3.63) is 27.8 Å². The van der Waals surface area contributed by atoms with Gasteiger partial charge in [0.25, 0.3) is 0 Å². The molecule has 1 saturated heterocycles. The van der Waals surface area contributed by atoms with Crippen molar-refractivity contribution in [1.29, 1.82) is 0 Å². The molecule has 0 N–H and O–H groups in total. The van der Waals surface area contributed by atoms with Crippen molar-refractivity contribution in [3.63, 3.8) is 0 Å². The lowest BCUT2D eigenvalue weighted by molar-refractivity contribution is -0.135. The molecular formula is C20H26ClNO3. The van der Waals surface area contributed by atoms with Crippen LogP contribution in [0.25, 0.3) is 0 Å². The number of amides is 1. The molecule has 4 nitrogen and oxygen atoms in total. The lowest BCUT2D eigenvalue weighted by Crippen LogP contribution is -2.52. The monoisotopic (exact) mass is 363 g/mol. The lowest BCUT2D eigenvalue weighted by Gasteiger charge is -2.44. The minimum absolute atomic E-state index is 0.0996. The molecule has 0 bridgehead atoms. The normalized spacial score (nSPS) is 19.1. The second kappa shape index (κ2) is 6.64. The van der Waals surface area contributed by atoms with Gasteiger partial charge in [-0.1, -0.05) is 25.4 Å². The number of hydrogen-bond donors (Lipinski definition) is 0. The number of likely N-dealkylation sites (tertiary alicyclic amines) is 1. The van der Waals surface area contributed by atoms with Crippen LogP contribution in [0.5, 0.6) is 5.75 Å².